The molecule has 1 aliphatic rings. The summed E-state index contributed by atoms with van der Waals surface area (Å²) in [5.74, 6) is -3.77. The minimum Gasteiger partial charge on any atom is -0.478 e. The summed E-state index contributed by atoms with van der Waals surface area (Å²) in [5, 5.41) is 11.2. The SMILES string of the molecule is CC(C)(CCO[Si](C)(C)C(C)(C)C)COS(=O)(=O)CCOC[C@@H]1C[C@H](NC(=O)/C=C/C(=O)O)C(=O)N1CC(=O)OC(C)(C)C. The fraction of sp³-hybridized carbons (Fsp3) is 0.793. The average Bonchev–Trinajstić information content (AvgIpc) is 3.11. The molecule has 1 aliphatic heterocycles. The quantitative estimate of drug-likeness (QED) is 0.0769. The van der Waals surface area contributed by atoms with Crippen LogP contribution in [0.3, 0.4) is 0 Å². The van der Waals surface area contributed by atoms with Crippen LogP contribution in [0.2, 0.25) is 18.1 Å². The smallest absolute Gasteiger partial charge is 0.328 e. The normalized spacial score (nSPS) is 18.6. The zero-order valence-electron chi connectivity index (χ0n) is 27.9. The first-order valence-corrected chi connectivity index (χ1v) is 19.2. The molecule has 1 fully saturated rings. The number of ether oxygens (including phenoxy) is 2. The molecule has 2 atom stereocenters. The lowest BCUT2D eigenvalue weighted by Gasteiger charge is -2.37. The van der Waals surface area contributed by atoms with E-state index in [4.69, 9.17) is 23.2 Å². The number of esters is 1. The lowest BCUT2D eigenvalue weighted by Crippen LogP contribution is -2.45. The molecule has 0 unspecified atom stereocenters. The highest BCUT2D eigenvalue weighted by Gasteiger charge is 2.42. The zero-order chi connectivity index (χ0) is 34.1. The van der Waals surface area contributed by atoms with Crippen LogP contribution in [0, 0.1) is 5.41 Å². The molecule has 0 saturated carbocycles. The summed E-state index contributed by atoms with van der Waals surface area (Å²) in [5.41, 5.74) is -1.23. The summed E-state index contributed by atoms with van der Waals surface area (Å²) in [6, 6.07) is -1.71. The van der Waals surface area contributed by atoms with E-state index in [1.165, 1.54) is 4.90 Å². The second-order valence-corrected chi connectivity index (χ2v) is 20.9. The maximum Gasteiger partial charge on any atom is 0.328 e. The van der Waals surface area contributed by atoms with Gasteiger partial charge in [0.15, 0.2) is 8.32 Å². The van der Waals surface area contributed by atoms with Gasteiger partial charge in [0, 0.05) is 18.8 Å². The van der Waals surface area contributed by atoms with Crippen molar-refractivity contribution in [1.29, 1.82) is 0 Å². The number of hydrogen-bond donors (Lipinski definition) is 2. The van der Waals surface area contributed by atoms with Crippen LogP contribution in [-0.2, 0) is 47.4 Å². The Morgan fingerprint density at radius 1 is 1.05 bits per heavy atom. The zero-order valence-corrected chi connectivity index (χ0v) is 29.7. The number of aliphatic carboxylic acids is 1. The van der Waals surface area contributed by atoms with Crippen LogP contribution in [0.5, 0.6) is 0 Å². The summed E-state index contributed by atoms with van der Waals surface area (Å²) in [6.45, 7) is 19.4. The van der Waals surface area contributed by atoms with Crippen LogP contribution >= 0.6 is 0 Å². The number of carboxylic acids is 1. The van der Waals surface area contributed by atoms with Crippen LogP contribution in [0.4, 0.5) is 0 Å². The molecule has 13 nitrogen and oxygen atoms in total. The topological polar surface area (TPSA) is 175 Å². The third kappa shape index (κ3) is 14.6. The van der Waals surface area contributed by atoms with E-state index in [9.17, 15) is 27.6 Å². The number of amides is 2. The molecule has 0 spiro atoms. The fourth-order valence-electron chi connectivity index (χ4n) is 3.81. The van der Waals surface area contributed by atoms with Crippen molar-refractivity contribution in [2.24, 2.45) is 5.41 Å². The lowest BCUT2D eigenvalue weighted by atomic mass is 9.91. The van der Waals surface area contributed by atoms with Gasteiger partial charge in [-0.15, -0.1) is 0 Å². The maximum atomic E-state index is 13.0. The number of hydrogen-bond acceptors (Lipinski definition) is 10. The van der Waals surface area contributed by atoms with Crippen molar-refractivity contribution in [2.75, 3.05) is 38.7 Å². The van der Waals surface area contributed by atoms with E-state index in [-0.39, 0.29) is 31.3 Å². The molecule has 0 aromatic carbocycles. The minimum atomic E-state index is -3.92. The van der Waals surface area contributed by atoms with Crippen molar-refractivity contribution in [3.8, 4) is 0 Å². The molecule has 15 heteroatoms. The standard InChI is InChI=1S/C29H52N2O11SSi/c1-27(2,3)42-25(35)18-31-21(17-22(26(31)36)30-23(32)11-12-24(33)34)19-39-15-16-43(37,38)40-20-29(7,8)13-14-41-44(9,10)28(4,5)6/h11-12,21-22H,13-20H2,1-10H3,(H,30,32)(H,33,34)/b12-11+/t21-,22-/m0/s1. The number of nitrogens with zero attached hydrogens (tertiary/aromatic N) is 1. The molecule has 0 aliphatic carbocycles. The Morgan fingerprint density at radius 2 is 1.66 bits per heavy atom. The Labute approximate surface area is 263 Å². The number of carbonyl (C=O) groups excluding carboxylic acids is 3. The van der Waals surface area contributed by atoms with Crippen LogP contribution in [-0.4, -0.2) is 107 Å². The molecular formula is C29H52N2O11SSi. The second kappa shape index (κ2) is 15.8. The Bertz CT molecular complexity index is 1150. The number of carbonyl (C=O) groups is 4. The van der Waals surface area contributed by atoms with Gasteiger partial charge in [-0.1, -0.05) is 34.6 Å². The van der Waals surface area contributed by atoms with Crippen molar-refractivity contribution in [3.63, 3.8) is 0 Å². The Morgan fingerprint density at radius 3 is 2.20 bits per heavy atom. The van der Waals surface area contributed by atoms with Crippen molar-refractivity contribution >= 4 is 42.2 Å². The largest absolute Gasteiger partial charge is 0.478 e. The number of likely N-dealkylation sites (tertiary alicyclic amines) is 1. The Hall–Kier alpha value is -2.33. The third-order valence-corrected chi connectivity index (χ3v) is 13.1. The predicted molar refractivity (Wildman–Crippen MR) is 167 cm³/mol. The highest BCUT2D eigenvalue weighted by molar-refractivity contribution is 7.86. The molecule has 0 aromatic heterocycles. The van der Waals surface area contributed by atoms with Gasteiger partial charge >= 0.3 is 11.9 Å². The summed E-state index contributed by atoms with van der Waals surface area (Å²) < 4.78 is 47.5. The first kappa shape index (κ1) is 39.7. The van der Waals surface area contributed by atoms with Crippen molar-refractivity contribution < 1.29 is 50.8 Å². The molecule has 1 rings (SSSR count). The molecule has 2 amide bonds. The number of nitrogens with one attached hydrogen (secondary N) is 1. The van der Waals surface area contributed by atoms with Crippen molar-refractivity contribution in [1.82, 2.24) is 10.2 Å². The Kier molecular flexibility index (Phi) is 14.2. The number of carboxylic acid groups (broad SMARTS) is 1. The summed E-state index contributed by atoms with van der Waals surface area (Å²) in [6.07, 6.45) is 2.10. The molecule has 0 bridgehead atoms. The molecule has 0 radical (unpaired) electrons. The van der Waals surface area contributed by atoms with Crippen molar-refractivity contribution in [3.05, 3.63) is 12.2 Å². The highest BCUT2D eigenvalue weighted by Crippen LogP contribution is 2.37. The predicted octanol–water partition coefficient (Wildman–Crippen LogP) is 2.86. The van der Waals surface area contributed by atoms with Gasteiger partial charge in [0.1, 0.15) is 18.2 Å². The van der Waals surface area contributed by atoms with Gasteiger partial charge in [-0.3, -0.25) is 18.6 Å². The first-order chi connectivity index (χ1) is 19.8. The van der Waals surface area contributed by atoms with Gasteiger partial charge in [-0.25, -0.2) is 4.79 Å². The van der Waals surface area contributed by atoms with Gasteiger partial charge in [-0.05, 0) is 57.2 Å². The van der Waals surface area contributed by atoms with Gasteiger partial charge < -0.3 is 29.2 Å². The van der Waals surface area contributed by atoms with E-state index in [1.54, 1.807) is 20.8 Å². The van der Waals surface area contributed by atoms with Crippen LogP contribution in [0.15, 0.2) is 12.2 Å². The molecule has 2 N–H and O–H groups in total. The molecule has 254 valence electrons. The lowest BCUT2D eigenvalue weighted by molar-refractivity contribution is -0.159. The summed E-state index contributed by atoms with van der Waals surface area (Å²) in [7, 11) is -5.83. The summed E-state index contributed by atoms with van der Waals surface area (Å²) >= 11 is 0. The van der Waals surface area contributed by atoms with Crippen LogP contribution in [0.1, 0.15) is 68.2 Å². The van der Waals surface area contributed by atoms with Gasteiger partial charge in [0.25, 0.3) is 10.1 Å². The monoisotopic (exact) mass is 664 g/mol. The highest BCUT2D eigenvalue weighted by atomic mass is 32.2. The number of rotatable bonds is 17. The first-order valence-electron chi connectivity index (χ1n) is 14.7. The van der Waals surface area contributed by atoms with E-state index in [0.29, 0.717) is 19.1 Å². The molecule has 1 heterocycles. The van der Waals surface area contributed by atoms with Gasteiger partial charge in [-0.2, -0.15) is 8.42 Å². The molecule has 1 saturated heterocycles. The van der Waals surface area contributed by atoms with E-state index >= 15 is 0 Å². The molecular weight excluding hydrogens is 612 g/mol. The third-order valence-electron chi connectivity index (χ3n) is 7.41. The van der Waals surface area contributed by atoms with E-state index in [2.05, 4.69) is 39.2 Å². The van der Waals surface area contributed by atoms with Crippen LogP contribution < -0.4 is 5.32 Å². The Balaban J connectivity index is 2.71. The fourth-order valence-corrected chi connectivity index (χ4v) is 5.79. The van der Waals surface area contributed by atoms with E-state index < -0.39 is 77.6 Å². The van der Waals surface area contributed by atoms with Crippen LogP contribution in [0.25, 0.3) is 0 Å². The summed E-state index contributed by atoms with van der Waals surface area (Å²) in [4.78, 5) is 49.5. The molecule has 44 heavy (non-hydrogen) atoms. The molecule has 0 aromatic rings. The maximum absolute atomic E-state index is 13.0. The average molecular weight is 665 g/mol. The second-order valence-electron chi connectivity index (χ2n) is 14.3. The minimum absolute atomic E-state index is 0.0192. The van der Waals surface area contributed by atoms with E-state index in [1.807, 2.05) is 13.8 Å². The van der Waals surface area contributed by atoms with Gasteiger partial charge in [0.2, 0.25) is 11.8 Å². The van der Waals surface area contributed by atoms with E-state index in [0.717, 1.165) is 6.08 Å². The van der Waals surface area contributed by atoms with Gasteiger partial charge in [0.05, 0.1) is 31.6 Å². The van der Waals surface area contributed by atoms with Crippen molar-refractivity contribution in [2.45, 2.75) is 104 Å².